The van der Waals surface area contributed by atoms with Crippen LogP contribution < -0.4 is 5.32 Å². The van der Waals surface area contributed by atoms with Gasteiger partial charge in [0.1, 0.15) is 10.8 Å². The third-order valence-corrected chi connectivity index (χ3v) is 11.3. The number of piperazine rings is 1. The van der Waals surface area contributed by atoms with Gasteiger partial charge in [-0.25, -0.2) is 9.79 Å². The number of benzene rings is 1. The van der Waals surface area contributed by atoms with E-state index >= 15 is 0 Å². The standard InChI is InChI=1S/C41H67N4O3S/c1-4-5-6-7-8-9-10-11-12-13-14-15-16-17-18-19-20-21-22-25-32-47-41(46)48-34-45(3)30-28-44(29-31-45)39-36-33-35(2)49-40(36)43-38-27-24-23-26-37(38)42-39/h23-24,26-27,33,43H,4-22,25,28-32,34H2,1-3H3/q+1. The number of nitrogens with zero attached hydrogens (tertiary/aromatic N) is 3. The molecule has 4 rings (SSSR count). The lowest BCUT2D eigenvalue weighted by molar-refractivity contribution is -0.929. The Kier molecular flexibility index (Phi) is 17.8. The molecular weight excluding hydrogens is 629 g/mol. The summed E-state index contributed by atoms with van der Waals surface area (Å²) in [4.78, 5) is 21.1. The van der Waals surface area contributed by atoms with Crippen molar-refractivity contribution < 1.29 is 18.8 Å². The summed E-state index contributed by atoms with van der Waals surface area (Å²) >= 11 is 1.77. The fourth-order valence-corrected chi connectivity index (χ4v) is 7.96. The fourth-order valence-electron chi connectivity index (χ4n) is 7.04. The van der Waals surface area contributed by atoms with Crippen molar-refractivity contribution in [1.82, 2.24) is 4.90 Å². The predicted molar refractivity (Wildman–Crippen MR) is 208 cm³/mol. The van der Waals surface area contributed by atoms with Gasteiger partial charge in [0, 0.05) is 4.88 Å². The van der Waals surface area contributed by atoms with Crippen molar-refractivity contribution in [2.24, 2.45) is 4.99 Å². The molecule has 49 heavy (non-hydrogen) atoms. The van der Waals surface area contributed by atoms with E-state index in [1.54, 1.807) is 11.3 Å². The number of hydrogen-bond acceptors (Lipinski definition) is 7. The number of quaternary nitrogens is 1. The molecule has 0 saturated carbocycles. The van der Waals surface area contributed by atoms with Crippen LogP contribution >= 0.6 is 11.3 Å². The molecule has 1 N–H and O–H groups in total. The van der Waals surface area contributed by atoms with Crippen LogP contribution in [0, 0.1) is 6.92 Å². The zero-order chi connectivity index (χ0) is 34.6. The van der Waals surface area contributed by atoms with Gasteiger partial charge >= 0.3 is 6.16 Å². The first kappa shape index (κ1) is 39.2. The molecule has 7 nitrogen and oxygen atoms in total. The highest BCUT2D eigenvalue weighted by molar-refractivity contribution is 7.16. The number of unbranched alkanes of at least 4 members (excludes halogenated alkanes) is 19. The number of rotatable bonds is 23. The van der Waals surface area contributed by atoms with Crippen LogP contribution in [0.2, 0.25) is 0 Å². The molecule has 1 aromatic heterocycles. The van der Waals surface area contributed by atoms with E-state index in [1.165, 1.54) is 126 Å². The number of nitrogens with one attached hydrogen (secondary N) is 1. The second kappa shape index (κ2) is 22.3. The molecule has 1 saturated heterocycles. The van der Waals surface area contributed by atoms with Gasteiger partial charge < -0.3 is 19.7 Å². The van der Waals surface area contributed by atoms with Gasteiger partial charge in [0.25, 0.3) is 0 Å². The third-order valence-electron chi connectivity index (χ3n) is 10.3. The minimum Gasteiger partial charge on any atom is -0.434 e. The van der Waals surface area contributed by atoms with Crippen LogP contribution in [0.4, 0.5) is 21.2 Å². The summed E-state index contributed by atoms with van der Waals surface area (Å²) < 4.78 is 11.7. The molecule has 0 bridgehead atoms. The number of aryl methyl sites for hydroxylation is 1. The van der Waals surface area contributed by atoms with Crippen LogP contribution in [0.1, 0.15) is 146 Å². The number of para-hydroxylation sites is 2. The Morgan fingerprint density at radius 2 is 1.33 bits per heavy atom. The second-order valence-corrected chi connectivity index (χ2v) is 16.1. The van der Waals surface area contributed by atoms with Gasteiger partial charge in [-0.15, -0.1) is 11.3 Å². The van der Waals surface area contributed by atoms with Crippen molar-refractivity contribution in [1.29, 1.82) is 0 Å². The monoisotopic (exact) mass is 695 g/mol. The van der Waals surface area contributed by atoms with E-state index in [1.807, 2.05) is 12.1 Å². The van der Waals surface area contributed by atoms with Crippen LogP contribution in [-0.2, 0) is 9.47 Å². The second-order valence-electron chi connectivity index (χ2n) is 14.8. The lowest BCUT2D eigenvalue weighted by Crippen LogP contribution is -2.59. The summed E-state index contributed by atoms with van der Waals surface area (Å²) in [6.07, 6.45) is 26.7. The third kappa shape index (κ3) is 14.3. The Labute approximate surface area is 302 Å². The summed E-state index contributed by atoms with van der Waals surface area (Å²) in [5.41, 5.74) is 3.17. The van der Waals surface area contributed by atoms with Crippen molar-refractivity contribution in [2.75, 3.05) is 51.9 Å². The Balaban J connectivity index is 0.966. The van der Waals surface area contributed by atoms with Gasteiger partial charge in [-0.2, -0.15) is 0 Å². The van der Waals surface area contributed by atoms with E-state index < -0.39 is 6.16 Å². The number of anilines is 2. The number of fused-ring (bicyclic) bond motifs is 2. The average molecular weight is 696 g/mol. The zero-order valence-electron chi connectivity index (χ0n) is 31.2. The number of likely N-dealkylation sites (N-methyl/N-ethyl adjacent to an activating group) is 1. The van der Waals surface area contributed by atoms with Crippen LogP contribution in [0.15, 0.2) is 35.3 Å². The number of carbonyl (C=O) groups is 1. The van der Waals surface area contributed by atoms with Crippen LogP contribution in [0.3, 0.4) is 0 Å². The molecule has 1 aromatic carbocycles. The number of aliphatic imine (C=N–C) groups is 1. The first-order valence-electron chi connectivity index (χ1n) is 19.9. The number of thiophene rings is 1. The minimum atomic E-state index is -0.534. The molecule has 8 heteroatoms. The first-order valence-corrected chi connectivity index (χ1v) is 20.7. The molecule has 0 spiro atoms. The molecule has 0 radical (unpaired) electrons. The normalized spacial score (nSPS) is 15.2. The lowest BCUT2D eigenvalue weighted by Gasteiger charge is -2.41. The van der Waals surface area contributed by atoms with E-state index in [0.29, 0.717) is 17.8 Å². The summed E-state index contributed by atoms with van der Waals surface area (Å²) in [7, 11) is 2.16. The Bertz CT molecular complexity index is 1250. The fraction of sp³-hybridized carbons (Fsp3) is 0.707. The highest BCUT2D eigenvalue weighted by Gasteiger charge is 2.33. The highest BCUT2D eigenvalue weighted by Crippen LogP contribution is 2.39. The zero-order valence-corrected chi connectivity index (χ0v) is 32.1. The minimum absolute atomic E-state index is 0.339. The van der Waals surface area contributed by atoms with Crippen LogP contribution in [-0.4, -0.2) is 67.9 Å². The quantitative estimate of drug-likeness (QED) is 0.0712. The maximum atomic E-state index is 12.3. The summed E-state index contributed by atoms with van der Waals surface area (Å²) in [5.74, 6) is 1.03. The van der Waals surface area contributed by atoms with Gasteiger partial charge in [0.05, 0.1) is 56.8 Å². The van der Waals surface area contributed by atoms with Crippen LogP contribution in [0.25, 0.3) is 0 Å². The van der Waals surface area contributed by atoms with Crippen molar-refractivity contribution in [2.45, 2.75) is 142 Å². The molecule has 3 heterocycles. The maximum Gasteiger partial charge on any atom is 0.512 e. The maximum absolute atomic E-state index is 12.3. The van der Waals surface area contributed by atoms with Gasteiger partial charge in [0.15, 0.2) is 0 Å². The van der Waals surface area contributed by atoms with Gasteiger partial charge in [0.2, 0.25) is 6.73 Å². The highest BCUT2D eigenvalue weighted by atomic mass is 32.1. The smallest absolute Gasteiger partial charge is 0.434 e. The molecule has 274 valence electrons. The molecule has 2 aromatic rings. The largest absolute Gasteiger partial charge is 0.512 e. The molecule has 0 unspecified atom stereocenters. The van der Waals surface area contributed by atoms with E-state index in [4.69, 9.17) is 14.5 Å². The van der Waals surface area contributed by atoms with Crippen molar-refractivity contribution >= 4 is 39.7 Å². The summed E-state index contributed by atoms with van der Waals surface area (Å²) in [6.45, 7) is 8.68. The Morgan fingerprint density at radius 1 is 0.796 bits per heavy atom. The number of amidine groups is 1. The molecular formula is C41H67N4O3S+. The number of ether oxygens (including phenoxy) is 2. The molecule has 1 fully saturated rings. The van der Waals surface area contributed by atoms with Crippen molar-refractivity contribution in [3.63, 3.8) is 0 Å². The van der Waals surface area contributed by atoms with Crippen LogP contribution in [0.5, 0.6) is 0 Å². The summed E-state index contributed by atoms with van der Waals surface area (Å²) in [6, 6.07) is 10.5. The Hall–Kier alpha value is -2.58. The van der Waals surface area contributed by atoms with E-state index in [2.05, 4.69) is 49.3 Å². The Morgan fingerprint density at radius 3 is 1.90 bits per heavy atom. The molecule has 0 atom stereocenters. The van der Waals surface area contributed by atoms with E-state index in [9.17, 15) is 4.79 Å². The van der Waals surface area contributed by atoms with E-state index in [-0.39, 0.29) is 0 Å². The molecule has 2 aliphatic heterocycles. The van der Waals surface area contributed by atoms with Gasteiger partial charge in [-0.1, -0.05) is 141 Å². The number of hydrogen-bond donors (Lipinski definition) is 1. The first-order chi connectivity index (χ1) is 24.0. The number of carbonyl (C=O) groups excluding carboxylic acids is 1. The molecule has 0 amide bonds. The van der Waals surface area contributed by atoms with Gasteiger partial charge in [-0.3, -0.25) is 4.48 Å². The predicted octanol–water partition coefficient (Wildman–Crippen LogP) is 11.9. The molecule has 0 aliphatic carbocycles. The van der Waals surface area contributed by atoms with Gasteiger partial charge in [-0.05, 0) is 31.5 Å². The van der Waals surface area contributed by atoms with Crippen molar-refractivity contribution in [3.05, 3.63) is 40.8 Å². The SMILES string of the molecule is CCCCCCCCCCCCCCCCCCCCCCOC(=O)OC[N+]1(C)CCN(C2=Nc3ccccc3Nc3sc(C)cc32)CC1. The topological polar surface area (TPSA) is 63.2 Å². The van der Waals surface area contributed by atoms with Crippen molar-refractivity contribution in [3.8, 4) is 0 Å². The summed E-state index contributed by atoms with van der Waals surface area (Å²) in [5, 5.41) is 4.75. The average Bonchev–Trinajstić information content (AvgIpc) is 3.39. The lowest BCUT2D eigenvalue weighted by atomic mass is 10.0. The molecule has 2 aliphatic rings. The van der Waals surface area contributed by atoms with E-state index in [0.717, 1.165) is 61.2 Å².